The third-order valence-electron chi connectivity index (χ3n) is 4.43. The molecule has 1 aliphatic heterocycles. The van der Waals surface area contributed by atoms with Gasteiger partial charge >= 0.3 is 5.97 Å². The first-order valence-electron chi connectivity index (χ1n) is 9.06. The van der Waals surface area contributed by atoms with Gasteiger partial charge < -0.3 is 14.4 Å². The molecule has 1 saturated heterocycles. The third kappa shape index (κ3) is 4.28. The SMILES string of the molecule is CCCOC(=O)C1CSC(c2cccc(Cl)c2)N1C(=O)c1ccccc1OC. The van der Waals surface area contributed by atoms with Crippen LogP contribution in [0, 0.1) is 0 Å². The number of halogens is 1. The minimum absolute atomic E-state index is 0.272. The van der Waals surface area contributed by atoms with E-state index < -0.39 is 6.04 Å². The first-order chi connectivity index (χ1) is 13.6. The minimum Gasteiger partial charge on any atom is -0.496 e. The molecular formula is C21H22ClNO4S. The summed E-state index contributed by atoms with van der Waals surface area (Å²) in [6, 6.07) is 13.7. The molecule has 1 heterocycles. The molecule has 2 unspecified atom stereocenters. The molecule has 2 aromatic rings. The van der Waals surface area contributed by atoms with E-state index in [1.165, 1.54) is 18.9 Å². The van der Waals surface area contributed by atoms with Crippen LogP contribution in [0.4, 0.5) is 0 Å². The molecule has 1 amide bonds. The van der Waals surface area contributed by atoms with E-state index in [9.17, 15) is 9.59 Å². The summed E-state index contributed by atoms with van der Waals surface area (Å²) >= 11 is 7.68. The Labute approximate surface area is 174 Å². The van der Waals surface area contributed by atoms with Gasteiger partial charge in [0.25, 0.3) is 5.91 Å². The summed E-state index contributed by atoms with van der Waals surface area (Å²) in [6.07, 6.45) is 0.726. The summed E-state index contributed by atoms with van der Waals surface area (Å²) in [5.41, 5.74) is 1.28. The first-order valence-corrected chi connectivity index (χ1v) is 10.5. The third-order valence-corrected chi connectivity index (χ3v) is 5.98. The first kappa shape index (κ1) is 20.6. The van der Waals surface area contributed by atoms with Crippen LogP contribution in [-0.2, 0) is 9.53 Å². The highest BCUT2D eigenvalue weighted by Crippen LogP contribution is 2.43. The topological polar surface area (TPSA) is 55.8 Å². The number of thioether (sulfide) groups is 1. The van der Waals surface area contributed by atoms with Crippen molar-refractivity contribution in [2.75, 3.05) is 19.5 Å². The Morgan fingerprint density at radius 3 is 2.71 bits per heavy atom. The minimum atomic E-state index is -0.669. The molecule has 0 N–H and O–H groups in total. The molecule has 7 heteroatoms. The Bertz CT molecular complexity index is 860. The van der Waals surface area contributed by atoms with E-state index >= 15 is 0 Å². The fourth-order valence-corrected chi connectivity index (χ4v) is 4.71. The van der Waals surface area contributed by atoms with Crippen LogP contribution in [0.25, 0.3) is 0 Å². The molecule has 2 atom stereocenters. The van der Waals surface area contributed by atoms with Gasteiger partial charge in [0.1, 0.15) is 17.2 Å². The number of ether oxygens (including phenoxy) is 2. The molecule has 28 heavy (non-hydrogen) atoms. The average Bonchev–Trinajstić information content (AvgIpc) is 3.16. The van der Waals surface area contributed by atoms with Crippen molar-refractivity contribution < 1.29 is 19.1 Å². The van der Waals surface area contributed by atoms with E-state index in [2.05, 4.69) is 0 Å². The molecule has 0 radical (unpaired) electrons. The molecule has 148 valence electrons. The molecule has 0 aliphatic carbocycles. The lowest BCUT2D eigenvalue weighted by Gasteiger charge is -2.29. The summed E-state index contributed by atoms with van der Waals surface area (Å²) in [6.45, 7) is 2.27. The zero-order valence-corrected chi connectivity index (χ0v) is 17.3. The second-order valence-corrected chi connectivity index (χ2v) is 7.89. The zero-order chi connectivity index (χ0) is 20.1. The van der Waals surface area contributed by atoms with E-state index in [1.807, 2.05) is 25.1 Å². The number of nitrogens with zero attached hydrogens (tertiary/aromatic N) is 1. The molecule has 0 bridgehead atoms. The summed E-state index contributed by atoms with van der Waals surface area (Å²) in [7, 11) is 1.52. The number of methoxy groups -OCH3 is 1. The predicted molar refractivity (Wildman–Crippen MR) is 111 cm³/mol. The monoisotopic (exact) mass is 419 g/mol. The molecule has 5 nitrogen and oxygen atoms in total. The lowest BCUT2D eigenvalue weighted by Crippen LogP contribution is -2.44. The Kier molecular flexibility index (Phi) is 6.86. The van der Waals surface area contributed by atoms with Crippen molar-refractivity contribution >= 4 is 35.2 Å². The van der Waals surface area contributed by atoms with Crippen LogP contribution in [0.5, 0.6) is 5.75 Å². The van der Waals surface area contributed by atoms with Crippen molar-refractivity contribution in [1.82, 2.24) is 4.90 Å². The Morgan fingerprint density at radius 2 is 2.00 bits per heavy atom. The standard InChI is InChI=1S/C21H22ClNO4S/c1-3-11-27-21(25)17-13-28-20(14-7-6-8-15(22)12-14)23(17)19(24)16-9-4-5-10-18(16)26-2/h4-10,12,17,20H,3,11,13H2,1-2H3. The zero-order valence-electron chi connectivity index (χ0n) is 15.8. The van der Waals surface area contributed by atoms with Crippen LogP contribution in [0.3, 0.4) is 0 Å². The van der Waals surface area contributed by atoms with E-state index in [0.29, 0.717) is 28.7 Å². The summed E-state index contributed by atoms with van der Waals surface area (Å²) in [4.78, 5) is 27.7. The van der Waals surface area contributed by atoms with Gasteiger partial charge in [-0.2, -0.15) is 0 Å². The van der Waals surface area contributed by atoms with Crippen molar-refractivity contribution in [2.24, 2.45) is 0 Å². The lowest BCUT2D eigenvalue weighted by atomic mass is 10.1. The van der Waals surface area contributed by atoms with Gasteiger partial charge in [-0.25, -0.2) is 4.79 Å². The fraction of sp³-hybridized carbons (Fsp3) is 0.333. The molecule has 2 aromatic carbocycles. The Morgan fingerprint density at radius 1 is 1.21 bits per heavy atom. The summed E-state index contributed by atoms with van der Waals surface area (Å²) < 4.78 is 10.7. The van der Waals surface area contributed by atoms with Crippen LogP contribution < -0.4 is 4.74 Å². The molecular weight excluding hydrogens is 398 g/mol. The number of hydrogen-bond donors (Lipinski definition) is 0. The fourth-order valence-electron chi connectivity index (χ4n) is 3.11. The van der Waals surface area contributed by atoms with E-state index in [0.717, 1.165) is 12.0 Å². The molecule has 3 rings (SSSR count). The molecule has 1 fully saturated rings. The van der Waals surface area contributed by atoms with E-state index in [1.54, 1.807) is 35.2 Å². The molecule has 0 spiro atoms. The van der Waals surface area contributed by atoms with E-state index in [-0.39, 0.29) is 17.3 Å². The van der Waals surface area contributed by atoms with Crippen LogP contribution in [0.1, 0.15) is 34.6 Å². The van der Waals surface area contributed by atoms with E-state index in [4.69, 9.17) is 21.1 Å². The maximum Gasteiger partial charge on any atom is 0.329 e. The number of benzene rings is 2. The van der Waals surface area contributed by atoms with Gasteiger partial charge in [0, 0.05) is 10.8 Å². The Balaban J connectivity index is 1.99. The summed E-state index contributed by atoms with van der Waals surface area (Å²) in [5.74, 6) is 0.267. The van der Waals surface area contributed by atoms with Crippen LogP contribution in [-0.4, -0.2) is 42.3 Å². The smallest absolute Gasteiger partial charge is 0.329 e. The second-order valence-electron chi connectivity index (χ2n) is 6.34. The van der Waals surface area contributed by atoms with Gasteiger partial charge in [-0.3, -0.25) is 4.79 Å². The maximum absolute atomic E-state index is 13.5. The number of esters is 1. The van der Waals surface area contributed by atoms with Crippen molar-refractivity contribution in [3.63, 3.8) is 0 Å². The highest BCUT2D eigenvalue weighted by atomic mass is 35.5. The lowest BCUT2D eigenvalue weighted by molar-refractivity contribution is -0.148. The number of hydrogen-bond acceptors (Lipinski definition) is 5. The predicted octanol–water partition coefficient (Wildman–Crippen LogP) is 4.56. The normalized spacial score (nSPS) is 18.8. The maximum atomic E-state index is 13.5. The highest BCUT2D eigenvalue weighted by Gasteiger charge is 2.44. The summed E-state index contributed by atoms with van der Waals surface area (Å²) in [5, 5.41) is 0.245. The molecule has 0 aromatic heterocycles. The van der Waals surface area contributed by atoms with Gasteiger partial charge in [0.2, 0.25) is 0 Å². The number of amides is 1. The van der Waals surface area contributed by atoms with Crippen molar-refractivity contribution in [3.05, 3.63) is 64.7 Å². The van der Waals surface area contributed by atoms with Gasteiger partial charge in [0.15, 0.2) is 0 Å². The number of para-hydroxylation sites is 1. The average molecular weight is 420 g/mol. The quantitative estimate of drug-likeness (QED) is 0.642. The van der Waals surface area contributed by atoms with Crippen molar-refractivity contribution in [3.8, 4) is 5.75 Å². The largest absolute Gasteiger partial charge is 0.496 e. The van der Waals surface area contributed by atoms with Gasteiger partial charge in [-0.05, 0) is 36.2 Å². The van der Waals surface area contributed by atoms with Crippen LogP contribution in [0.2, 0.25) is 5.02 Å². The van der Waals surface area contributed by atoms with Gasteiger partial charge in [-0.1, -0.05) is 42.8 Å². The Hall–Kier alpha value is -2.18. The molecule has 1 aliphatic rings. The van der Waals surface area contributed by atoms with Crippen LogP contribution >= 0.6 is 23.4 Å². The number of carbonyl (C=O) groups excluding carboxylic acids is 2. The second kappa shape index (κ2) is 9.34. The van der Waals surface area contributed by atoms with Gasteiger partial charge in [-0.15, -0.1) is 11.8 Å². The van der Waals surface area contributed by atoms with Crippen molar-refractivity contribution in [2.45, 2.75) is 24.8 Å². The van der Waals surface area contributed by atoms with Crippen molar-refractivity contribution in [1.29, 1.82) is 0 Å². The number of rotatable bonds is 6. The molecule has 0 saturated carbocycles. The van der Waals surface area contributed by atoms with Gasteiger partial charge in [0.05, 0.1) is 19.3 Å². The van der Waals surface area contributed by atoms with Crippen LogP contribution in [0.15, 0.2) is 48.5 Å². The number of carbonyl (C=O) groups is 2. The highest BCUT2D eigenvalue weighted by molar-refractivity contribution is 7.99.